The molecule has 0 unspecified atom stereocenters. The van der Waals surface area contributed by atoms with E-state index >= 15 is 4.39 Å². The predicted octanol–water partition coefficient (Wildman–Crippen LogP) is 4.81. The quantitative estimate of drug-likeness (QED) is 0.381. The van der Waals surface area contributed by atoms with Crippen LogP contribution in [0, 0.1) is 23.7 Å². The molecule has 2 aromatic carbocycles. The van der Waals surface area contributed by atoms with Crippen molar-refractivity contribution < 1.29 is 13.9 Å². The molecule has 6 heteroatoms. The largest absolute Gasteiger partial charge is 0.506 e. The third-order valence-electron chi connectivity index (χ3n) is 4.05. The fraction of sp³-hybridized carbons (Fsp3) is 0.0952. The van der Waals surface area contributed by atoms with Crippen molar-refractivity contribution in [1.29, 1.82) is 5.26 Å². The molecule has 0 aliphatic heterocycles. The standard InChI is InChI=1S/C21H14FN3O2/c1-24-17(12-23)21(27-3)15-10-9-14-18(26-2)11-16(25-20(14)19(15)22)13-7-5-4-6-8-13/h4-11H,2-3H3/b21-17-. The highest BCUT2D eigenvalue weighted by Gasteiger charge is 2.20. The fourth-order valence-electron chi connectivity index (χ4n) is 2.79. The molecule has 132 valence electrons. The van der Waals surface area contributed by atoms with E-state index in [9.17, 15) is 0 Å². The summed E-state index contributed by atoms with van der Waals surface area (Å²) < 4.78 is 25.8. The van der Waals surface area contributed by atoms with E-state index in [1.54, 1.807) is 18.2 Å². The second-order valence-corrected chi connectivity index (χ2v) is 5.50. The molecule has 0 radical (unpaired) electrons. The monoisotopic (exact) mass is 359 g/mol. The molecule has 27 heavy (non-hydrogen) atoms. The van der Waals surface area contributed by atoms with Crippen LogP contribution in [0.25, 0.3) is 32.8 Å². The molecule has 3 aromatic rings. The second kappa shape index (κ2) is 7.55. The average Bonchev–Trinajstić information content (AvgIpc) is 2.72. The first kappa shape index (κ1) is 17.9. The van der Waals surface area contributed by atoms with Crippen LogP contribution in [0.15, 0.2) is 54.2 Å². The minimum absolute atomic E-state index is 0.00249. The zero-order chi connectivity index (χ0) is 19.4. The molecule has 1 aromatic heterocycles. The van der Waals surface area contributed by atoms with Crippen molar-refractivity contribution in [3.63, 3.8) is 0 Å². The highest BCUT2D eigenvalue weighted by atomic mass is 19.1. The lowest BCUT2D eigenvalue weighted by Gasteiger charge is -2.13. The molecule has 0 aliphatic carbocycles. The van der Waals surface area contributed by atoms with Crippen LogP contribution in [0.2, 0.25) is 0 Å². The third-order valence-corrected chi connectivity index (χ3v) is 4.05. The summed E-state index contributed by atoms with van der Waals surface area (Å²) in [6.07, 6.45) is 0. The molecule has 0 bridgehead atoms. The first-order chi connectivity index (χ1) is 13.1. The van der Waals surface area contributed by atoms with Gasteiger partial charge in [0, 0.05) is 22.6 Å². The van der Waals surface area contributed by atoms with Crippen LogP contribution in [-0.4, -0.2) is 19.2 Å². The first-order valence-electron chi connectivity index (χ1n) is 7.93. The van der Waals surface area contributed by atoms with Crippen LogP contribution in [0.3, 0.4) is 0 Å². The van der Waals surface area contributed by atoms with E-state index in [2.05, 4.69) is 9.83 Å². The van der Waals surface area contributed by atoms with Crippen LogP contribution in [-0.2, 0) is 4.74 Å². The number of fused-ring (bicyclic) bond motifs is 1. The highest BCUT2D eigenvalue weighted by molar-refractivity contribution is 5.91. The van der Waals surface area contributed by atoms with Gasteiger partial charge in [0.05, 0.1) is 32.6 Å². The van der Waals surface area contributed by atoms with Gasteiger partial charge < -0.3 is 9.47 Å². The van der Waals surface area contributed by atoms with Gasteiger partial charge in [-0.15, -0.1) is 0 Å². The van der Waals surface area contributed by atoms with Crippen molar-refractivity contribution in [2.24, 2.45) is 0 Å². The van der Waals surface area contributed by atoms with Gasteiger partial charge in [-0.2, -0.15) is 0 Å². The smallest absolute Gasteiger partial charge is 0.303 e. The van der Waals surface area contributed by atoms with Crippen molar-refractivity contribution >= 4 is 16.7 Å². The van der Waals surface area contributed by atoms with Gasteiger partial charge >= 0.3 is 5.70 Å². The summed E-state index contributed by atoms with van der Waals surface area (Å²) in [6, 6.07) is 15.9. The maximum Gasteiger partial charge on any atom is 0.303 e. The number of allylic oxidation sites excluding steroid dienone is 1. The Hall–Kier alpha value is -3.90. The molecule has 1 heterocycles. The van der Waals surface area contributed by atoms with Crippen LogP contribution in [0.5, 0.6) is 5.75 Å². The number of hydrogen-bond acceptors (Lipinski definition) is 4. The average molecular weight is 359 g/mol. The maximum atomic E-state index is 15.3. The number of aromatic nitrogens is 1. The van der Waals surface area contributed by atoms with Gasteiger partial charge in [-0.1, -0.05) is 30.3 Å². The summed E-state index contributed by atoms with van der Waals surface area (Å²) in [4.78, 5) is 7.55. The number of rotatable bonds is 4. The molecule has 0 fully saturated rings. The molecular weight excluding hydrogens is 345 g/mol. The van der Waals surface area contributed by atoms with E-state index in [4.69, 9.17) is 21.3 Å². The Morgan fingerprint density at radius 3 is 2.52 bits per heavy atom. The minimum Gasteiger partial charge on any atom is -0.506 e. The predicted molar refractivity (Wildman–Crippen MR) is 99.8 cm³/mol. The third kappa shape index (κ3) is 3.17. The van der Waals surface area contributed by atoms with Gasteiger partial charge in [0.1, 0.15) is 17.0 Å². The molecule has 5 nitrogen and oxygen atoms in total. The Morgan fingerprint density at radius 2 is 1.93 bits per heavy atom. The molecular formula is C21H14FN3O2. The molecule has 0 atom stereocenters. The van der Waals surface area contributed by atoms with E-state index in [0.717, 1.165) is 5.56 Å². The number of pyridine rings is 1. The summed E-state index contributed by atoms with van der Waals surface area (Å²) in [5.74, 6) is -0.340. The van der Waals surface area contributed by atoms with Crippen LogP contribution < -0.4 is 4.74 Å². The second-order valence-electron chi connectivity index (χ2n) is 5.50. The first-order valence-corrected chi connectivity index (χ1v) is 7.93. The molecule has 0 N–H and O–H groups in total. The molecule has 0 amide bonds. The van der Waals surface area contributed by atoms with E-state index in [1.165, 1.54) is 20.3 Å². The summed E-state index contributed by atoms with van der Waals surface area (Å²) in [7, 11) is 2.79. The highest BCUT2D eigenvalue weighted by Crippen LogP contribution is 2.34. The van der Waals surface area contributed by atoms with Gasteiger partial charge in [-0.05, 0) is 12.1 Å². The Kier molecular flexibility index (Phi) is 5.01. The molecule has 0 saturated heterocycles. The maximum absolute atomic E-state index is 15.3. The number of benzene rings is 2. The van der Waals surface area contributed by atoms with E-state index < -0.39 is 5.82 Å². The Bertz CT molecular complexity index is 1110. The Balaban J connectivity index is 2.34. The zero-order valence-electron chi connectivity index (χ0n) is 14.7. The van der Waals surface area contributed by atoms with E-state index in [-0.39, 0.29) is 22.5 Å². The lowest BCUT2D eigenvalue weighted by atomic mass is 10.0. The summed E-state index contributed by atoms with van der Waals surface area (Å²) in [5, 5.41) is 9.59. The normalized spacial score (nSPS) is 11.3. The Morgan fingerprint density at radius 1 is 1.19 bits per heavy atom. The molecule has 0 saturated carbocycles. The van der Waals surface area contributed by atoms with Crippen molar-refractivity contribution in [2.45, 2.75) is 0 Å². The Labute approximate surface area is 155 Å². The topological polar surface area (TPSA) is 59.5 Å². The van der Waals surface area contributed by atoms with Crippen molar-refractivity contribution in [1.82, 2.24) is 4.98 Å². The van der Waals surface area contributed by atoms with Crippen LogP contribution in [0.1, 0.15) is 5.56 Å². The van der Waals surface area contributed by atoms with Gasteiger partial charge in [0.25, 0.3) is 0 Å². The van der Waals surface area contributed by atoms with Crippen LogP contribution >= 0.6 is 0 Å². The van der Waals surface area contributed by atoms with Gasteiger partial charge in [0.15, 0.2) is 5.82 Å². The number of ether oxygens (including phenoxy) is 2. The molecule has 3 rings (SSSR count). The summed E-state index contributed by atoms with van der Waals surface area (Å²) >= 11 is 0. The van der Waals surface area contributed by atoms with Gasteiger partial charge in [0.2, 0.25) is 0 Å². The number of nitrogens with zero attached hydrogens (tertiary/aromatic N) is 3. The van der Waals surface area contributed by atoms with Crippen LogP contribution in [0.4, 0.5) is 4.39 Å². The zero-order valence-corrected chi connectivity index (χ0v) is 14.7. The molecule has 0 aliphatic rings. The molecule has 0 spiro atoms. The van der Waals surface area contributed by atoms with Crippen molar-refractivity contribution in [3.8, 4) is 23.1 Å². The van der Waals surface area contributed by atoms with E-state index in [0.29, 0.717) is 16.8 Å². The number of nitriles is 1. The number of halogens is 1. The number of methoxy groups -OCH3 is 2. The number of hydrogen-bond donors (Lipinski definition) is 0. The van der Waals surface area contributed by atoms with Gasteiger partial charge in [-0.25, -0.2) is 19.5 Å². The lowest BCUT2D eigenvalue weighted by Crippen LogP contribution is -1.99. The summed E-state index contributed by atoms with van der Waals surface area (Å²) in [6.45, 7) is 7.09. The SMILES string of the molecule is [C-]#[N+]/C(C#N)=C(\OC)c1ccc2c(OC)cc(-c3ccccc3)nc2c1F. The van der Waals surface area contributed by atoms with Crippen molar-refractivity contribution in [2.75, 3.05) is 14.2 Å². The lowest BCUT2D eigenvalue weighted by molar-refractivity contribution is 0.366. The van der Waals surface area contributed by atoms with E-state index in [1.807, 2.05) is 30.3 Å². The fourth-order valence-corrected chi connectivity index (χ4v) is 2.79. The minimum atomic E-state index is -0.683. The summed E-state index contributed by atoms with van der Waals surface area (Å²) in [5.41, 5.74) is 1.09. The van der Waals surface area contributed by atoms with Crippen molar-refractivity contribution in [3.05, 3.63) is 77.0 Å². The van der Waals surface area contributed by atoms with Gasteiger partial charge in [-0.3, -0.25) is 0 Å².